The first-order chi connectivity index (χ1) is 7.11. The Morgan fingerprint density at radius 2 is 2.20 bits per heavy atom. The third-order valence-electron chi connectivity index (χ3n) is 2.58. The molecule has 2 rings (SSSR count). The first-order valence-corrected chi connectivity index (χ1v) is 4.98. The summed E-state index contributed by atoms with van der Waals surface area (Å²) in [6.07, 6.45) is 1.22. The number of imidazole rings is 1. The molecule has 2 heterocycles. The van der Waals surface area contributed by atoms with E-state index in [1.54, 1.807) is 6.92 Å². The van der Waals surface area contributed by atoms with E-state index in [1.807, 2.05) is 35.7 Å². The lowest BCUT2D eigenvalue weighted by Crippen LogP contribution is -2.25. The van der Waals surface area contributed by atoms with Crippen molar-refractivity contribution in [3.8, 4) is 0 Å². The Labute approximate surface area is 88.4 Å². The predicted molar refractivity (Wildman–Crippen MR) is 58.5 cm³/mol. The first-order valence-electron chi connectivity index (χ1n) is 4.98. The normalized spacial score (nSPS) is 15.5. The van der Waals surface area contributed by atoms with Gasteiger partial charge in [-0.15, -0.1) is 0 Å². The zero-order valence-electron chi connectivity index (χ0n) is 8.88. The van der Waals surface area contributed by atoms with Crippen molar-refractivity contribution >= 4 is 5.65 Å². The number of nitrogens with zero attached hydrogens (tertiary/aromatic N) is 2. The topological polar surface area (TPSA) is 63.5 Å². The lowest BCUT2D eigenvalue weighted by molar-refractivity contribution is 0.148. The highest BCUT2D eigenvalue weighted by atomic mass is 16.3. The molecule has 2 aromatic rings. The van der Waals surface area contributed by atoms with Crippen molar-refractivity contribution < 1.29 is 5.11 Å². The van der Waals surface area contributed by atoms with Crippen LogP contribution in [0.5, 0.6) is 0 Å². The Morgan fingerprint density at radius 1 is 1.47 bits per heavy atom. The van der Waals surface area contributed by atoms with Crippen LogP contribution in [0.2, 0.25) is 0 Å². The molecule has 2 unspecified atom stereocenters. The molecule has 4 nitrogen and oxygen atoms in total. The number of aliphatic hydroxyl groups is 1. The van der Waals surface area contributed by atoms with Crippen LogP contribution in [0.15, 0.2) is 24.4 Å². The van der Waals surface area contributed by atoms with Crippen LogP contribution < -0.4 is 5.73 Å². The second kappa shape index (κ2) is 3.64. The zero-order valence-corrected chi connectivity index (χ0v) is 8.88. The van der Waals surface area contributed by atoms with Crippen LogP contribution in [0.4, 0.5) is 0 Å². The maximum Gasteiger partial charge on any atom is 0.137 e. The molecule has 15 heavy (non-hydrogen) atoms. The summed E-state index contributed by atoms with van der Waals surface area (Å²) in [6, 6.07) is 5.45. The molecule has 0 radical (unpaired) electrons. The number of aryl methyl sites for hydroxylation is 1. The van der Waals surface area contributed by atoms with Gasteiger partial charge in [0.25, 0.3) is 0 Å². The lowest BCUT2D eigenvalue weighted by Gasteiger charge is -2.12. The highest BCUT2D eigenvalue weighted by Gasteiger charge is 2.19. The van der Waals surface area contributed by atoms with E-state index >= 15 is 0 Å². The number of pyridine rings is 1. The van der Waals surface area contributed by atoms with Crippen molar-refractivity contribution in [1.82, 2.24) is 9.38 Å². The van der Waals surface area contributed by atoms with E-state index in [0.717, 1.165) is 11.3 Å². The molecule has 0 saturated heterocycles. The van der Waals surface area contributed by atoms with Crippen molar-refractivity contribution in [2.24, 2.45) is 5.73 Å². The minimum absolute atomic E-state index is 0.311. The van der Waals surface area contributed by atoms with Gasteiger partial charge in [0.2, 0.25) is 0 Å². The molecular weight excluding hydrogens is 190 g/mol. The molecule has 0 aromatic carbocycles. The van der Waals surface area contributed by atoms with E-state index in [1.165, 1.54) is 0 Å². The Morgan fingerprint density at radius 3 is 2.80 bits per heavy atom. The van der Waals surface area contributed by atoms with E-state index in [9.17, 15) is 5.11 Å². The van der Waals surface area contributed by atoms with Crippen LogP contribution >= 0.6 is 0 Å². The van der Waals surface area contributed by atoms with E-state index < -0.39 is 6.10 Å². The van der Waals surface area contributed by atoms with Crippen LogP contribution in [0.3, 0.4) is 0 Å². The van der Waals surface area contributed by atoms with Gasteiger partial charge in [0.1, 0.15) is 11.8 Å². The quantitative estimate of drug-likeness (QED) is 0.769. The van der Waals surface area contributed by atoms with Gasteiger partial charge in [-0.25, -0.2) is 4.98 Å². The Hall–Kier alpha value is -1.39. The molecule has 0 aliphatic rings. The van der Waals surface area contributed by atoms with Crippen molar-refractivity contribution in [2.45, 2.75) is 26.0 Å². The van der Waals surface area contributed by atoms with Gasteiger partial charge in [0.05, 0.1) is 5.69 Å². The molecule has 0 fully saturated rings. The SMILES string of the molecule is Cc1c(C(O)C(C)N)nc2ccccn12. The predicted octanol–water partition coefficient (Wildman–Crippen LogP) is 1.02. The summed E-state index contributed by atoms with van der Waals surface area (Å²) in [6.45, 7) is 3.70. The average Bonchev–Trinajstić information content (AvgIpc) is 2.56. The van der Waals surface area contributed by atoms with Crippen molar-refractivity contribution in [3.63, 3.8) is 0 Å². The van der Waals surface area contributed by atoms with Gasteiger partial charge in [-0.2, -0.15) is 0 Å². The monoisotopic (exact) mass is 205 g/mol. The Balaban J connectivity index is 2.58. The van der Waals surface area contributed by atoms with Gasteiger partial charge in [-0.05, 0) is 26.0 Å². The third-order valence-corrected chi connectivity index (χ3v) is 2.58. The van der Waals surface area contributed by atoms with Gasteiger partial charge in [0, 0.05) is 17.9 Å². The minimum atomic E-state index is -0.704. The summed E-state index contributed by atoms with van der Waals surface area (Å²) in [5.74, 6) is 0. The molecule has 0 aliphatic carbocycles. The molecular formula is C11H15N3O. The standard InChI is InChI=1S/C11H15N3O/c1-7(12)11(15)10-8(2)14-6-4-3-5-9(14)13-10/h3-7,11,15H,12H2,1-2H3. The highest BCUT2D eigenvalue weighted by molar-refractivity contribution is 5.43. The second-order valence-corrected chi connectivity index (χ2v) is 3.82. The number of aliphatic hydroxyl groups excluding tert-OH is 1. The molecule has 0 bridgehead atoms. The number of hydrogen-bond acceptors (Lipinski definition) is 3. The molecule has 80 valence electrons. The zero-order chi connectivity index (χ0) is 11.0. The van der Waals surface area contributed by atoms with Crippen molar-refractivity contribution in [2.75, 3.05) is 0 Å². The second-order valence-electron chi connectivity index (χ2n) is 3.82. The minimum Gasteiger partial charge on any atom is -0.385 e. The van der Waals surface area contributed by atoms with E-state index in [4.69, 9.17) is 5.73 Å². The number of fused-ring (bicyclic) bond motifs is 1. The number of rotatable bonds is 2. The van der Waals surface area contributed by atoms with Gasteiger partial charge in [-0.3, -0.25) is 0 Å². The van der Waals surface area contributed by atoms with E-state index in [-0.39, 0.29) is 6.04 Å². The average molecular weight is 205 g/mol. The van der Waals surface area contributed by atoms with Gasteiger partial charge >= 0.3 is 0 Å². The number of hydrogen-bond donors (Lipinski definition) is 2. The molecule has 0 spiro atoms. The highest BCUT2D eigenvalue weighted by Crippen LogP contribution is 2.20. The van der Waals surface area contributed by atoms with Crippen LogP contribution in [-0.4, -0.2) is 20.5 Å². The van der Waals surface area contributed by atoms with E-state index in [2.05, 4.69) is 4.98 Å². The van der Waals surface area contributed by atoms with E-state index in [0.29, 0.717) is 5.69 Å². The molecule has 2 atom stereocenters. The summed E-state index contributed by atoms with van der Waals surface area (Å²) in [5.41, 5.74) is 8.10. The molecule has 0 aliphatic heterocycles. The number of aromatic nitrogens is 2. The molecule has 3 N–H and O–H groups in total. The Kier molecular flexibility index (Phi) is 2.46. The van der Waals surface area contributed by atoms with Gasteiger partial charge in [0.15, 0.2) is 0 Å². The van der Waals surface area contributed by atoms with Crippen molar-refractivity contribution in [1.29, 1.82) is 0 Å². The Bertz CT molecular complexity index is 476. The van der Waals surface area contributed by atoms with Crippen LogP contribution in [-0.2, 0) is 0 Å². The van der Waals surface area contributed by atoms with Gasteiger partial charge < -0.3 is 15.2 Å². The number of nitrogens with two attached hydrogens (primary N) is 1. The van der Waals surface area contributed by atoms with Crippen LogP contribution in [0.1, 0.15) is 24.4 Å². The summed E-state index contributed by atoms with van der Waals surface area (Å²) in [4.78, 5) is 4.37. The largest absolute Gasteiger partial charge is 0.385 e. The lowest BCUT2D eigenvalue weighted by atomic mass is 10.1. The summed E-state index contributed by atoms with van der Waals surface area (Å²) in [7, 11) is 0. The fourth-order valence-electron chi connectivity index (χ4n) is 1.67. The fraction of sp³-hybridized carbons (Fsp3) is 0.364. The molecule has 0 amide bonds. The van der Waals surface area contributed by atoms with Crippen LogP contribution in [0.25, 0.3) is 5.65 Å². The van der Waals surface area contributed by atoms with Gasteiger partial charge in [-0.1, -0.05) is 6.07 Å². The van der Waals surface area contributed by atoms with Crippen LogP contribution in [0, 0.1) is 6.92 Å². The van der Waals surface area contributed by atoms with Crippen molar-refractivity contribution in [3.05, 3.63) is 35.8 Å². The molecule has 2 aromatic heterocycles. The molecule has 4 heteroatoms. The summed E-state index contributed by atoms with van der Waals surface area (Å²) < 4.78 is 1.95. The third kappa shape index (κ3) is 1.62. The smallest absolute Gasteiger partial charge is 0.137 e. The maximum absolute atomic E-state index is 9.88. The summed E-state index contributed by atoms with van der Waals surface area (Å²) >= 11 is 0. The fourth-order valence-corrected chi connectivity index (χ4v) is 1.67. The summed E-state index contributed by atoms with van der Waals surface area (Å²) in [5, 5.41) is 9.88. The first kappa shape index (κ1) is 10.1. The maximum atomic E-state index is 9.88. The molecule has 0 saturated carbocycles.